The number of sulfone groups is 1. The van der Waals surface area contributed by atoms with Crippen molar-refractivity contribution in [1.29, 1.82) is 0 Å². The Bertz CT molecular complexity index is 774. The molecule has 1 saturated heterocycles. The molecule has 0 amide bonds. The van der Waals surface area contributed by atoms with Crippen molar-refractivity contribution in [3.05, 3.63) is 36.0 Å². The molecule has 6 nitrogen and oxygen atoms in total. The lowest BCUT2D eigenvalue weighted by Gasteiger charge is -2.17. The summed E-state index contributed by atoms with van der Waals surface area (Å²) in [6.07, 6.45) is 0.706. The number of rotatable bonds is 5. The Kier molecular flexibility index (Phi) is 4.45. The lowest BCUT2D eigenvalue weighted by atomic mass is 10.1. The Morgan fingerprint density at radius 3 is 2.74 bits per heavy atom. The molecule has 2 heterocycles. The second-order valence-corrected chi connectivity index (χ2v) is 8.21. The molecule has 1 fully saturated rings. The molecule has 8 heteroatoms. The summed E-state index contributed by atoms with van der Waals surface area (Å²) in [4.78, 5) is 6.27. The van der Waals surface area contributed by atoms with Gasteiger partial charge in [0.15, 0.2) is 9.84 Å². The van der Waals surface area contributed by atoms with Crippen LogP contribution in [0.15, 0.2) is 28.8 Å². The smallest absolute Gasteiger partial charge is 0.241 e. The van der Waals surface area contributed by atoms with Crippen LogP contribution in [0.5, 0.6) is 0 Å². The molecule has 0 unspecified atom stereocenters. The lowest BCUT2D eigenvalue weighted by molar-refractivity contribution is 0.240. The zero-order valence-corrected chi connectivity index (χ0v) is 13.6. The number of hydrogen-bond donors (Lipinski definition) is 0. The first-order valence-corrected chi connectivity index (χ1v) is 9.21. The molecule has 3 rings (SSSR count). The largest absolute Gasteiger partial charge is 0.338 e. The molecule has 1 aliphatic rings. The fraction of sp³-hybridized carbons (Fsp3) is 0.467. The maximum atomic E-state index is 12.9. The van der Waals surface area contributed by atoms with Crippen molar-refractivity contribution in [2.45, 2.75) is 13.0 Å². The van der Waals surface area contributed by atoms with Crippen LogP contribution in [0, 0.1) is 11.7 Å². The molecule has 124 valence electrons. The fourth-order valence-corrected chi connectivity index (χ4v) is 4.64. The summed E-state index contributed by atoms with van der Waals surface area (Å²) in [5, 5.41) is 3.89. The Morgan fingerprint density at radius 1 is 1.35 bits per heavy atom. The van der Waals surface area contributed by atoms with Crippen molar-refractivity contribution < 1.29 is 17.3 Å². The van der Waals surface area contributed by atoms with Gasteiger partial charge in [0.1, 0.15) is 5.82 Å². The zero-order chi connectivity index (χ0) is 16.4. The summed E-state index contributed by atoms with van der Waals surface area (Å²) in [7, 11) is -0.963. The van der Waals surface area contributed by atoms with Gasteiger partial charge in [0.25, 0.3) is 0 Å². The predicted octanol–water partition coefficient (Wildman–Crippen LogP) is 1.74. The van der Waals surface area contributed by atoms with Crippen molar-refractivity contribution in [2.75, 3.05) is 25.1 Å². The topological polar surface area (TPSA) is 76.3 Å². The minimum absolute atomic E-state index is 0.157. The Labute approximate surface area is 134 Å². The van der Waals surface area contributed by atoms with E-state index in [4.69, 9.17) is 4.52 Å². The molecule has 23 heavy (non-hydrogen) atoms. The number of nitrogens with zero attached hydrogens (tertiary/aromatic N) is 3. The second-order valence-electron chi connectivity index (χ2n) is 5.98. The van der Waals surface area contributed by atoms with E-state index in [-0.39, 0.29) is 23.2 Å². The maximum Gasteiger partial charge on any atom is 0.241 e. The van der Waals surface area contributed by atoms with Gasteiger partial charge in [0.05, 0.1) is 18.1 Å². The molecule has 1 aromatic heterocycles. The first kappa shape index (κ1) is 16.1. The van der Waals surface area contributed by atoms with Crippen LogP contribution in [-0.4, -0.2) is 48.6 Å². The molecule has 1 atom stereocenters. The standard InChI is InChI=1S/C15H18FN3O3S/c1-19(8-11-6-7-23(20,21)10-11)9-14-17-15(18-22-14)12-2-4-13(16)5-3-12/h2-5,11H,6-10H2,1H3/t11-/m1/s1. The lowest BCUT2D eigenvalue weighted by Crippen LogP contribution is -2.26. The highest BCUT2D eigenvalue weighted by Gasteiger charge is 2.28. The van der Waals surface area contributed by atoms with Crippen LogP contribution in [0.3, 0.4) is 0 Å². The van der Waals surface area contributed by atoms with Crippen LogP contribution < -0.4 is 0 Å². The van der Waals surface area contributed by atoms with Gasteiger partial charge in [-0.1, -0.05) is 5.16 Å². The van der Waals surface area contributed by atoms with E-state index in [1.165, 1.54) is 12.1 Å². The van der Waals surface area contributed by atoms with Gasteiger partial charge in [-0.05, 0) is 43.7 Å². The summed E-state index contributed by atoms with van der Waals surface area (Å²) < 4.78 is 41.1. The van der Waals surface area contributed by atoms with E-state index < -0.39 is 9.84 Å². The molecule has 1 aliphatic heterocycles. The highest BCUT2D eigenvalue weighted by atomic mass is 32.2. The second kappa shape index (κ2) is 6.37. The van der Waals surface area contributed by atoms with E-state index in [1.54, 1.807) is 12.1 Å². The van der Waals surface area contributed by atoms with E-state index >= 15 is 0 Å². The normalized spacial score (nSPS) is 20.2. The molecular weight excluding hydrogens is 321 g/mol. The summed E-state index contributed by atoms with van der Waals surface area (Å²) in [5.41, 5.74) is 0.686. The van der Waals surface area contributed by atoms with E-state index in [0.717, 1.165) is 0 Å². The van der Waals surface area contributed by atoms with Crippen LogP contribution in [0.25, 0.3) is 11.4 Å². The van der Waals surface area contributed by atoms with Gasteiger partial charge in [-0.2, -0.15) is 4.98 Å². The third-order valence-electron chi connectivity index (χ3n) is 3.87. The van der Waals surface area contributed by atoms with Gasteiger partial charge in [-0.25, -0.2) is 12.8 Å². The first-order valence-electron chi connectivity index (χ1n) is 7.39. The van der Waals surface area contributed by atoms with E-state index in [0.29, 0.717) is 36.8 Å². The summed E-state index contributed by atoms with van der Waals surface area (Å²) in [5.74, 6) is 1.24. The van der Waals surface area contributed by atoms with Crippen molar-refractivity contribution in [3.8, 4) is 11.4 Å². The van der Waals surface area contributed by atoms with Crippen molar-refractivity contribution in [2.24, 2.45) is 5.92 Å². The number of aromatic nitrogens is 2. The minimum Gasteiger partial charge on any atom is -0.338 e. The molecule has 0 bridgehead atoms. The fourth-order valence-electron chi connectivity index (χ4n) is 2.79. The molecule has 0 aliphatic carbocycles. The Balaban J connectivity index is 1.59. The summed E-state index contributed by atoms with van der Waals surface area (Å²) >= 11 is 0. The molecule has 2 aromatic rings. The molecule has 0 spiro atoms. The van der Waals surface area contributed by atoms with Crippen LogP contribution in [0.4, 0.5) is 4.39 Å². The third kappa shape index (κ3) is 4.14. The summed E-state index contributed by atoms with van der Waals surface area (Å²) in [6, 6.07) is 5.88. The van der Waals surface area contributed by atoms with E-state index in [1.807, 2.05) is 11.9 Å². The van der Waals surface area contributed by atoms with Crippen molar-refractivity contribution in [1.82, 2.24) is 15.0 Å². The van der Waals surface area contributed by atoms with Gasteiger partial charge >= 0.3 is 0 Å². The molecular formula is C15H18FN3O3S. The van der Waals surface area contributed by atoms with Gasteiger partial charge in [0.2, 0.25) is 11.7 Å². The highest BCUT2D eigenvalue weighted by Crippen LogP contribution is 2.20. The average molecular weight is 339 g/mol. The number of hydrogen-bond acceptors (Lipinski definition) is 6. The molecule has 0 radical (unpaired) electrons. The third-order valence-corrected chi connectivity index (χ3v) is 5.71. The Hall–Kier alpha value is -1.80. The number of benzene rings is 1. The van der Waals surface area contributed by atoms with Crippen molar-refractivity contribution in [3.63, 3.8) is 0 Å². The highest BCUT2D eigenvalue weighted by molar-refractivity contribution is 7.91. The molecule has 1 aromatic carbocycles. The van der Waals surface area contributed by atoms with Gasteiger partial charge < -0.3 is 4.52 Å². The van der Waals surface area contributed by atoms with Gasteiger partial charge in [-0.15, -0.1) is 0 Å². The van der Waals surface area contributed by atoms with E-state index in [9.17, 15) is 12.8 Å². The van der Waals surface area contributed by atoms with Crippen LogP contribution in [-0.2, 0) is 16.4 Å². The Morgan fingerprint density at radius 2 is 2.09 bits per heavy atom. The van der Waals surface area contributed by atoms with Gasteiger partial charge in [0, 0.05) is 12.1 Å². The summed E-state index contributed by atoms with van der Waals surface area (Å²) in [6.45, 7) is 1.12. The zero-order valence-electron chi connectivity index (χ0n) is 12.8. The monoisotopic (exact) mass is 339 g/mol. The van der Waals surface area contributed by atoms with Crippen LogP contribution in [0.1, 0.15) is 12.3 Å². The van der Waals surface area contributed by atoms with E-state index in [2.05, 4.69) is 10.1 Å². The predicted molar refractivity (Wildman–Crippen MR) is 82.8 cm³/mol. The van der Waals surface area contributed by atoms with Crippen LogP contribution >= 0.6 is 0 Å². The van der Waals surface area contributed by atoms with Crippen LogP contribution in [0.2, 0.25) is 0 Å². The SMILES string of the molecule is CN(Cc1nc(-c2ccc(F)cc2)no1)C[C@H]1CCS(=O)(=O)C1. The number of halogens is 1. The average Bonchev–Trinajstić information content (AvgIpc) is 3.06. The molecule has 0 saturated carbocycles. The maximum absolute atomic E-state index is 12.9. The van der Waals surface area contributed by atoms with Gasteiger partial charge in [-0.3, -0.25) is 4.90 Å². The minimum atomic E-state index is -2.86. The first-order chi connectivity index (χ1) is 10.9. The van der Waals surface area contributed by atoms with Crippen molar-refractivity contribution >= 4 is 9.84 Å². The quantitative estimate of drug-likeness (QED) is 0.826. The molecule has 0 N–H and O–H groups in total.